The van der Waals surface area contributed by atoms with Gasteiger partial charge < -0.3 is 24.9 Å². The van der Waals surface area contributed by atoms with Crippen LogP contribution in [-0.2, 0) is 19.2 Å². The van der Waals surface area contributed by atoms with Crippen LogP contribution in [0.5, 0.6) is 0 Å². The zero-order valence-electron chi connectivity index (χ0n) is 12.0. The van der Waals surface area contributed by atoms with E-state index in [2.05, 4.69) is 0 Å². The molecule has 0 radical (unpaired) electrons. The van der Waals surface area contributed by atoms with Gasteiger partial charge in [-0.3, -0.25) is 9.59 Å². The number of hydrogen-bond donors (Lipinski definition) is 0. The standard InChI is InChI=1S/2C5H8O3.C2H5O.Al/c2*1-2-4(6)3-5(7)8;1-2-3;/h2*2-3H2,1H3,(H,7,8);2H2,1H3;/q;;-1;+3/p-2. The van der Waals surface area contributed by atoms with Gasteiger partial charge in [0.05, 0.1) is 0 Å². The molecule has 0 spiro atoms. The third-order valence-corrected chi connectivity index (χ3v) is 1.47. The van der Waals surface area contributed by atoms with Gasteiger partial charge in [-0.25, -0.2) is 0 Å². The third-order valence-electron chi connectivity index (χ3n) is 1.47. The SMILES string of the molecule is CCC(=O)CC(=O)[O-].CCC(=O)CC(=O)[O-].CC[O-].[Al+3]. The van der Waals surface area contributed by atoms with E-state index in [1.807, 2.05) is 0 Å². The Labute approximate surface area is 129 Å². The Balaban J connectivity index is -0.000000103. The van der Waals surface area contributed by atoms with Gasteiger partial charge in [0.15, 0.2) is 0 Å². The summed E-state index contributed by atoms with van der Waals surface area (Å²) in [4.78, 5) is 39.7. The number of aliphatic carboxylic acids is 2. The second kappa shape index (κ2) is 20.1. The fourth-order valence-electron chi connectivity index (χ4n) is 0.572. The Hall–Kier alpha value is -1.23. The summed E-state index contributed by atoms with van der Waals surface area (Å²) in [5.41, 5.74) is 0. The summed E-state index contributed by atoms with van der Waals surface area (Å²) in [7, 11) is 0. The Morgan fingerprint density at radius 2 is 0.950 bits per heavy atom. The molecule has 0 saturated carbocycles. The minimum absolute atomic E-state index is 0. The van der Waals surface area contributed by atoms with Gasteiger partial charge in [-0.05, 0) is 0 Å². The summed E-state index contributed by atoms with van der Waals surface area (Å²) in [5, 5.41) is 28.2. The molecule has 0 aromatic carbocycles. The van der Waals surface area contributed by atoms with Crippen molar-refractivity contribution in [1.82, 2.24) is 0 Å². The third kappa shape index (κ3) is 36.0. The maximum absolute atomic E-state index is 10.2. The van der Waals surface area contributed by atoms with E-state index in [1.165, 1.54) is 0 Å². The van der Waals surface area contributed by atoms with Gasteiger partial charge in [0.1, 0.15) is 11.6 Å². The van der Waals surface area contributed by atoms with E-state index in [0.29, 0.717) is 0 Å². The maximum Gasteiger partial charge on any atom is 3.00 e. The van der Waals surface area contributed by atoms with Crippen LogP contribution < -0.4 is 15.3 Å². The molecule has 0 aromatic rings. The van der Waals surface area contributed by atoms with Crippen molar-refractivity contribution >= 4 is 40.9 Å². The maximum atomic E-state index is 10.2. The van der Waals surface area contributed by atoms with E-state index < -0.39 is 24.8 Å². The van der Waals surface area contributed by atoms with Crippen molar-refractivity contribution in [3.63, 3.8) is 0 Å². The molecule has 20 heavy (non-hydrogen) atoms. The van der Waals surface area contributed by atoms with Crippen LogP contribution in [0.1, 0.15) is 46.5 Å². The van der Waals surface area contributed by atoms with Crippen LogP contribution >= 0.6 is 0 Å². The quantitative estimate of drug-likeness (QED) is 0.381. The first-order valence-corrected chi connectivity index (χ1v) is 5.76. The van der Waals surface area contributed by atoms with Crippen LogP contribution in [0.4, 0.5) is 0 Å². The molecule has 0 fully saturated rings. The van der Waals surface area contributed by atoms with Crippen molar-refractivity contribution in [2.45, 2.75) is 46.5 Å². The average Bonchev–Trinajstić information content (AvgIpc) is 2.29. The molecule has 0 atom stereocenters. The van der Waals surface area contributed by atoms with Crippen molar-refractivity contribution in [2.24, 2.45) is 0 Å². The molecule has 0 N–H and O–H groups in total. The minimum Gasteiger partial charge on any atom is -0.855 e. The molecule has 0 aliphatic heterocycles. The van der Waals surface area contributed by atoms with Crippen molar-refractivity contribution in [3.8, 4) is 0 Å². The summed E-state index contributed by atoms with van der Waals surface area (Å²) < 4.78 is 0. The smallest absolute Gasteiger partial charge is 0.855 e. The first-order chi connectivity index (χ1) is 8.74. The van der Waals surface area contributed by atoms with Gasteiger partial charge in [0.2, 0.25) is 0 Å². The summed E-state index contributed by atoms with van der Waals surface area (Å²) in [6, 6.07) is 0. The molecular weight excluding hydrogens is 283 g/mol. The van der Waals surface area contributed by atoms with Crippen molar-refractivity contribution in [3.05, 3.63) is 0 Å². The molecule has 7 nitrogen and oxygen atoms in total. The number of hydrogen-bond acceptors (Lipinski definition) is 7. The molecule has 0 aliphatic rings. The normalized spacial score (nSPS) is 7.80. The van der Waals surface area contributed by atoms with Gasteiger partial charge in [-0.2, -0.15) is 0 Å². The molecule has 0 unspecified atom stereocenters. The van der Waals surface area contributed by atoms with Crippen LogP contribution in [0.3, 0.4) is 0 Å². The van der Waals surface area contributed by atoms with Gasteiger partial charge in [0, 0.05) is 37.6 Å². The molecule has 0 aromatic heterocycles. The van der Waals surface area contributed by atoms with Crippen LogP contribution in [0, 0.1) is 0 Å². The van der Waals surface area contributed by atoms with E-state index in [-0.39, 0.29) is 48.4 Å². The van der Waals surface area contributed by atoms with Crippen molar-refractivity contribution in [1.29, 1.82) is 0 Å². The summed E-state index contributed by atoms with van der Waals surface area (Å²) in [6.45, 7) is 4.80. The first-order valence-electron chi connectivity index (χ1n) is 5.76. The predicted molar refractivity (Wildman–Crippen MR) is 66.1 cm³/mol. The number of Topliss-reactive ketones (excluding diaryl/α,β-unsaturated/α-hetero) is 2. The molecule has 0 rings (SSSR count). The topological polar surface area (TPSA) is 137 Å². The fraction of sp³-hybridized carbons (Fsp3) is 0.667. The zero-order chi connectivity index (χ0) is 15.8. The number of ketones is 2. The largest absolute Gasteiger partial charge is 3.00 e. The van der Waals surface area contributed by atoms with Gasteiger partial charge in [-0.15, -0.1) is 6.61 Å². The van der Waals surface area contributed by atoms with E-state index in [1.54, 1.807) is 20.8 Å². The molecule has 8 heteroatoms. The van der Waals surface area contributed by atoms with Crippen LogP contribution in [0.25, 0.3) is 0 Å². The minimum atomic E-state index is -1.29. The second-order valence-corrected chi connectivity index (χ2v) is 3.17. The molecule has 0 heterocycles. The number of carboxylic acids is 2. The van der Waals surface area contributed by atoms with Crippen LogP contribution in [0.15, 0.2) is 0 Å². The molecule has 0 aliphatic carbocycles. The van der Waals surface area contributed by atoms with Crippen molar-refractivity contribution < 1.29 is 34.5 Å². The fourth-order valence-corrected chi connectivity index (χ4v) is 0.572. The number of carboxylic acid groups (broad SMARTS) is 2. The molecule has 0 amide bonds. The van der Waals surface area contributed by atoms with E-state index in [9.17, 15) is 29.4 Å². The number of carbonyl (C=O) groups excluding carboxylic acids is 4. The van der Waals surface area contributed by atoms with Gasteiger partial charge in [0.25, 0.3) is 0 Å². The Bertz CT molecular complexity index is 262. The van der Waals surface area contributed by atoms with Gasteiger partial charge in [-0.1, -0.05) is 20.8 Å². The number of rotatable bonds is 6. The predicted octanol–water partition coefficient (Wildman–Crippen LogP) is -2.80. The van der Waals surface area contributed by atoms with Crippen LogP contribution in [0.2, 0.25) is 0 Å². The Morgan fingerprint density at radius 1 is 0.750 bits per heavy atom. The monoisotopic (exact) mass is 302 g/mol. The Morgan fingerprint density at radius 3 is 1.00 bits per heavy atom. The zero-order valence-corrected chi connectivity index (χ0v) is 13.1. The Kier molecular flexibility index (Phi) is 27.3. The summed E-state index contributed by atoms with van der Waals surface area (Å²) in [6.07, 6.45) is -0.352. The molecule has 112 valence electrons. The van der Waals surface area contributed by atoms with Crippen LogP contribution in [-0.4, -0.2) is 47.5 Å². The molecule has 0 saturated heterocycles. The molecule has 0 bridgehead atoms. The first kappa shape index (κ1) is 27.2. The number of carbonyl (C=O) groups is 4. The second-order valence-electron chi connectivity index (χ2n) is 3.17. The van der Waals surface area contributed by atoms with E-state index in [4.69, 9.17) is 5.11 Å². The van der Waals surface area contributed by atoms with E-state index >= 15 is 0 Å². The van der Waals surface area contributed by atoms with E-state index in [0.717, 1.165) is 0 Å². The van der Waals surface area contributed by atoms with Crippen molar-refractivity contribution in [2.75, 3.05) is 6.61 Å². The van der Waals surface area contributed by atoms with Gasteiger partial charge >= 0.3 is 17.4 Å². The summed E-state index contributed by atoms with van der Waals surface area (Å²) >= 11 is 0. The average molecular weight is 302 g/mol. The molecular formula is C12H19AlO7. The summed E-state index contributed by atoms with van der Waals surface area (Å²) in [5.74, 6) is -3.16.